The maximum atomic E-state index is 13.2. The van der Waals surface area contributed by atoms with Crippen LogP contribution in [0.2, 0.25) is 0 Å². The molecule has 2 N–H and O–H groups in total. The number of hydrogen-bond acceptors (Lipinski definition) is 1. The Morgan fingerprint density at radius 1 is 1.44 bits per heavy atom. The van der Waals surface area contributed by atoms with Crippen molar-refractivity contribution >= 4 is 10.9 Å². The molecule has 0 saturated heterocycles. The maximum Gasteiger partial charge on any atom is 0.123 e. The molecule has 0 radical (unpaired) electrons. The summed E-state index contributed by atoms with van der Waals surface area (Å²) >= 11 is 0. The highest BCUT2D eigenvalue weighted by molar-refractivity contribution is 5.85. The molecule has 16 heavy (non-hydrogen) atoms. The molecule has 0 aliphatic rings. The van der Waals surface area contributed by atoms with Gasteiger partial charge in [-0.05, 0) is 30.7 Å². The van der Waals surface area contributed by atoms with E-state index in [0.29, 0.717) is 12.5 Å². The summed E-state index contributed by atoms with van der Waals surface area (Å²) in [5.74, 6) is 0.105. The van der Waals surface area contributed by atoms with E-state index in [1.165, 1.54) is 11.8 Å². The zero-order valence-corrected chi connectivity index (χ0v) is 9.92. The highest BCUT2D eigenvalue weighted by Crippen LogP contribution is 2.29. The number of hydrogen-bond donors (Lipinski definition) is 1. The van der Waals surface area contributed by atoms with E-state index in [1.807, 2.05) is 20.0 Å². The molecule has 0 aliphatic heterocycles. The fourth-order valence-electron chi connectivity index (χ4n) is 2.43. The molecule has 2 aromatic rings. The van der Waals surface area contributed by atoms with Crippen LogP contribution < -0.4 is 5.73 Å². The third kappa shape index (κ3) is 1.52. The van der Waals surface area contributed by atoms with Gasteiger partial charge in [0.1, 0.15) is 5.82 Å². The van der Waals surface area contributed by atoms with E-state index in [2.05, 4.69) is 11.5 Å². The summed E-state index contributed by atoms with van der Waals surface area (Å²) in [5.41, 5.74) is 9.10. The standard InChI is InChI=1S/C13H17FN2/c1-8(7-15)13-9(2)11-6-10(14)4-5-12(11)16(13)3/h4-6,8H,7,15H2,1-3H3. The fraction of sp³-hybridized carbons (Fsp3) is 0.385. The van der Waals surface area contributed by atoms with E-state index in [1.54, 1.807) is 6.07 Å². The minimum absolute atomic E-state index is 0.187. The Balaban J connectivity index is 2.76. The van der Waals surface area contributed by atoms with Crippen molar-refractivity contribution in [1.82, 2.24) is 4.57 Å². The first kappa shape index (κ1) is 11.1. The van der Waals surface area contributed by atoms with Gasteiger partial charge in [0.25, 0.3) is 0 Å². The summed E-state index contributed by atoms with van der Waals surface area (Å²) in [4.78, 5) is 0. The summed E-state index contributed by atoms with van der Waals surface area (Å²) in [6.45, 7) is 4.73. The molecule has 1 heterocycles. The fourth-order valence-corrected chi connectivity index (χ4v) is 2.43. The highest BCUT2D eigenvalue weighted by atomic mass is 19.1. The highest BCUT2D eigenvalue weighted by Gasteiger charge is 2.16. The molecule has 86 valence electrons. The van der Waals surface area contributed by atoms with E-state index in [4.69, 9.17) is 5.73 Å². The second-order valence-electron chi connectivity index (χ2n) is 4.37. The Morgan fingerprint density at radius 2 is 2.12 bits per heavy atom. The Hall–Kier alpha value is -1.35. The van der Waals surface area contributed by atoms with Crippen molar-refractivity contribution in [3.8, 4) is 0 Å². The van der Waals surface area contributed by atoms with E-state index in [0.717, 1.165) is 16.5 Å². The molecule has 0 bridgehead atoms. The lowest BCUT2D eigenvalue weighted by Gasteiger charge is -2.12. The van der Waals surface area contributed by atoms with Crippen LogP contribution in [0.5, 0.6) is 0 Å². The molecule has 0 spiro atoms. The summed E-state index contributed by atoms with van der Waals surface area (Å²) in [6.07, 6.45) is 0. The minimum Gasteiger partial charge on any atom is -0.347 e. The lowest BCUT2D eigenvalue weighted by atomic mass is 10.0. The largest absolute Gasteiger partial charge is 0.347 e. The number of aromatic nitrogens is 1. The van der Waals surface area contributed by atoms with Crippen LogP contribution in [0.15, 0.2) is 18.2 Å². The second-order valence-corrected chi connectivity index (χ2v) is 4.37. The molecule has 1 aromatic heterocycles. The summed E-state index contributed by atoms with van der Waals surface area (Å²) < 4.78 is 15.3. The van der Waals surface area contributed by atoms with Crippen molar-refractivity contribution in [3.63, 3.8) is 0 Å². The van der Waals surface area contributed by atoms with Gasteiger partial charge in [0.05, 0.1) is 0 Å². The average molecular weight is 220 g/mol. The number of nitrogens with zero attached hydrogens (tertiary/aromatic N) is 1. The topological polar surface area (TPSA) is 30.9 Å². The van der Waals surface area contributed by atoms with Crippen LogP contribution in [0.4, 0.5) is 4.39 Å². The van der Waals surface area contributed by atoms with Crippen molar-refractivity contribution in [2.75, 3.05) is 6.54 Å². The van der Waals surface area contributed by atoms with E-state index in [9.17, 15) is 4.39 Å². The molecule has 0 aliphatic carbocycles. The number of aryl methyl sites for hydroxylation is 2. The van der Waals surface area contributed by atoms with Gasteiger partial charge in [-0.3, -0.25) is 0 Å². The summed E-state index contributed by atoms with van der Waals surface area (Å²) in [7, 11) is 2.01. The van der Waals surface area contributed by atoms with Gasteiger partial charge in [0.15, 0.2) is 0 Å². The van der Waals surface area contributed by atoms with Crippen LogP contribution in [0, 0.1) is 12.7 Å². The quantitative estimate of drug-likeness (QED) is 0.828. The molecule has 1 atom stereocenters. The number of rotatable bonds is 2. The Labute approximate surface area is 94.9 Å². The molecule has 0 amide bonds. The third-order valence-electron chi connectivity index (χ3n) is 3.29. The number of benzene rings is 1. The first-order valence-corrected chi connectivity index (χ1v) is 5.50. The first-order chi connectivity index (χ1) is 7.56. The molecule has 2 nitrogen and oxygen atoms in total. The summed E-state index contributed by atoms with van der Waals surface area (Å²) in [5, 5.41) is 0.984. The van der Waals surface area contributed by atoms with Crippen LogP contribution >= 0.6 is 0 Å². The van der Waals surface area contributed by atoms with Crippen molar-refractivity contribution in [1.29, 1.82) is 0 Å². The molecule has 0 fully saturated rings. The lowest BCUT2D eigenvalue weighted by molar-refractivity contribution is 0.629. The normalized spacial score (nSPS) is 13.3. The van der Waals surface area contributed by atoms with Gasteiger partial charge in [-0.25, -0.2) is 4.39 Å². The second kappa shape index (κ2) is 3.91. The maximum absolute atomic E-state index is 13.2. The molecule has 3 heteroatoms. The van der Waals surface area contributed by atoms with E-state index < -0.39 is 0 Å². The Bertz CT molecular complexity index is 528. The third-order valence-corrected chi connectivity index (χ3v) is 3.29. The minimum atomic E-state index is -0.187. The number of nitrogens with two attached hydrogens (primary N) is 1. The van der Waals surface area contributed by atoms with E-state index in [-0.39, 0.29) is 5.82 Å². The molecular weight excluding hydrogens is 203 g/mol. The van der Waals surface area contributed by atoms with Gasteiger partial charge in [-0.15, -0.1) is 0 Å². The van der Waals surface area contributed by atoms with Crippen LogP contribution in [0.25, 0.3) is 10.9 Å². The van der Waals surface area contributed by atoms with Crippen LogP contribution in [-0.2, 0) is 7.05 Å². The van der Waals surface area contributed by atoms with Gasteiger partial charge < -0.3 is 10.3 Å². The van der Waals surface area contributed by atoms with Crippen molar-refractivity contribution in [3.05, 3.63) is 35.3 Å². The van der Waals surface area contributed by atoms with Gasteiger partial charge in [0, 0.05) is 36.1 Å². The van der Waals surface area contributed by atoms with Crippen LogP contribution in [0.3, 0.4) is 0 Å². The number of fused-ring (bicyclic) bond motifs is 1. The van der Waals surface area contributed by atoms with Crippen molar-refractivity contribution in [2.45, 2.75) is 19.8 Å². The lowest BCUT2D eigenvalue weighted by Crippen LogP contribution is -2.13. The van der Waals surface area contributed by atoms with Gasteiger partial charge >= 0.3 is 0 Å². The van der Waals surface area contributed by atoms with Gasteiger partial charge in [-0.2, -0.15) is 0 Å². The smallest absolute Gasteiger partial charge is 0.123 e. The predicted octanol–water partition coefficient (Wildman–Crippen LogP) is 2.69. The number of halogens is 1. The monoisotopic (exact) mass is 220 g/mol. The van der Waals surface area contributed by atoms with Crippen molar-refractivity contribution < 1.29 is 4.39 Å². The van der Waals surface area contributed by atoms with Gasteiger partial charge in [0.2, 0.25) is 0 Å². The van der Waals surface area contributed by atoms with Crippen molar-refractivity contribution in [2.24, 2.45) is 12.8 Å². The average Bonchev–Trinajstić information content (AvgIpc) is 2.51. The Morgan fingerprint density at radius 3 is 2.75 bits per heavy atom. The zero-order valence-electron chi connectivity index (χ0n) is 9.92. The van der Waals surface area contributed by atoms with Gasteiger partial charge in [-0.1, -0.05) is 6.92 Å². The molecule has 0 saturated carbocycles. The zero-order chi connectivity index (χ0) is 11.9. The summed E-state index contributed by atoms with van der Waals surface area (Å²) in [6, 6.07) is 4.92. The van der Waals surface area contributed by atoms with E-state index >= 15 is 0 Å². The molecular formula is C13H17FN2. The molecule has 2 rings (SSSR count). The first-order valence-electron chi connectivity index (χ1n) is 5.50. The van der Waals surface area contributed by atoms with Crippen LogP contribution in [0.1, 0.15) is 24.1 Å². The molecule has 1 unspecified atom stereocenters. The Kier molecular flexibility index (Phi) is 2.72. The molecule has 1 aromatic carbocycles. The van der Waals surface area contributed by atoms with Crippen LogP contribution in [-0.4, -0.2) is 11.1 Å². The predicted molar refractivity (Wildman–Crippen MR) is 65.1 cm³/mol. The SMILES string of the molecule is Cc1c(C(C)CN)n(C)c2ccc(F)cc12.